The largest absolute Gasteiger partial charge is 0.390 e. The van der Waals surface area contributed by atoms with Gasteiger partial charge in [0, 0.05) is 29.6 Å². The molecular weight excluding hydrogens is 446 g/mol. The van der Waals surface area contributed by atoms with E-state index < -0.39 is 70.5 Å². The lowest BCUT2D eigenvalue weighted by Crippen LogP contribution is -2.71. The summed E-state index contributed by atoms with van der Waals surface area (Å²) in [5.74, 6) is -3.24. The second-order valence-electron chi connectivity index (χ2n) is 11.7. The molecule has 5 fully saturated rings. The van der Waals surface area contributed by atoms with Gasteiger partial charge in [-0.2, -0.15) is 0 Å². The summed E-state index contributed by atoms with van der Waals surface area (Å²) in [6.45, 7) is 2.62. The van der Waals surface area contributed by atoms with Gasteiger partial charge in [-0.1, -0.05) is 13.0 Å². The van der Waals surface area contributed by atoms with Crippen LogP contribution in [0.5, 0.6) is 0 Å². The number of Topliss-reactive ketones (excluding diaryl/α,β-unsaturated/α-hetero) is 1. The van der Waals surface area contributed by atoms with Gasteiger partial charge in [0.15, 0.2) is 28.6 Å². The Labute approximate surface area is 197 Å². The number of ether oxygens (including phenoxy) is 2. The molecule has 1 heterocycles. The van der Waals surface area contributed by atoms with Gasteiger partial charge in [-0.05, 0) is 62.7 Å². The van der Waals surface area contributed by atoms with Crippen LogP contribution in [0.15, 0.2) is 23.8 Å². The number of fused-ring (bicyclic) bond motifs is 7. The van der Waals surface area contributed by atoms with Crippen molar-refractivity contribution in [1.29, 1.82) is 0 Å². The molecule has 1 saturated heterocycles. The zero-order valence-corrected chi connectivity index (χ0v) is 19.6. The predicted octanol–water partition coefficient (Wildman–Crippen LogP) is 2.90. The van der Waals surface area contributed by atoms with Crippen molar-refractivity contribution < 1.29 is 38.1 Å². The number of aliphatic hydroxyl groups is 2. The van der Waals surface area contributed by atoms with E-state index >= 15 is 8.78 Å². The lowest BCUT2D eigenvalue weighted by atomic mass is 9.44. The molecule has 6 aliphatic rings. The number of aliphatic hydroxyl groups excluding tert-OH is 2. The van der Waals surface area contributed by atoms with E-state index in [0.29, 0.717) is 12.8 Å². The van der Waals surface area contributed by atoms with Gasteiger partial charge in [-0.25, -0.2) is 8.78 Å². The minimum absolute atomic E-state index is 0.0677. The fraction of sp³-hybridized carbons (Fsp3) is 0.769. The molecule has 0 aromatic carbocycles. The van der Waals surface area contributed by atoms with Crippen LogP contribution >= 0.6 is 0 Å². The van der Waals surface area contributed by atoms with E-state index in [1.165, 1.54) is 18.2 Å². The Morgan fingerprint density at radius 2 is 1.91 bits per heavy atom. The molecule has 0 unspecified atom stereocenters. The van der Waals surface area contributed by atoms with Crippen LogP contribution in [0.4, 0.5) is 8.78 Å². The van der Waals surface area contributed by atoms with Crippen LogP contribution in [0.2, 0.25) is 0 Å². The summed E-state index contributed by atoms with van der Waals surface area (Å²) >= 11 is 0. The van der Waals surface area contributed by atoms with E-state index in [1.54, 1.807) is 6.92 Å². The van der Waals surface area contributed by atoms with Crippen molar-refractivity contribution in [1.82, 2.24) is 0 Å². The highest BCUT2D eigenvalue weighted by molar-refractivity contribution is 6.01. The van der Waals surface area contributed by atoms with E-state index in [1.807, 2.05) is 6.92 Å². The van der Waals surface area contributed by atoms with Gasteiger partial charge in [0.05, 0.1) is 12.2 Å². The number of carbonyl (C=O) groups is 2. The Hall–Kier alpha value is -1.48. The molecule has 1 aliphatic heterocycles. The first-order valence-corrected chi connectivity index (χ1v) is 12.5. The van der Waals surface area contributed by atoms with Crippen LogP contribution in [-0.4, -0.2) is 63.8 Å². The molecule has 0 aromatic heterocycles. The third-order valence-electron chi connectivity index (χ3n) is 10.4. The molecule has 1 spiro atoms. The molecule has 6 nitrogen and oxygen atoms in total. The van der Waals surface area contributed by atoms with Crippen LogP contribution in [0, 0.1) is 22.7 Å². The Balaban J connectivity index is 1.48. The average Bonchev–Trinajstić information content (AvgIpc) is 3.45. The zero-order chi connectivity index (χ0) is 24.3. The highest BCUT2D eigenvalue weighted by Gasteiger charge is 2.81. The maximum atomic E-state index is 17.3. The fourth-order valence-corrected chi connectivity index (χ4v) is 8.88. The van der Waals surface area contributed by atoms with E-state index in [2.05, 4.69) is 0 Å². The Morgan fingerprint density at radius 3 is 2.59 bits per heavy atom. The Morgan fingerprint density at radius 1 is 1.21 bits per heavy atom. The van der Waals surface area contributed by atoms with Gasteiger partial charge >= 0.3 is 0 Å². The van der Waals surface area contributed by atoms with Crippen LogP contribution in [0.3, 0.4) is 0 Å². The number of carbonyl (C=O) groups excluding carboxylic acids is 2. The van der Waals surface area contributed by atoms with Crippen molar-refractivity contribution in [3.63, 3.8) is 0 Å². The van der Waals surface area contributed by atoms with Crippen molar-refractivity contribution in [2.45, 2.75) is 94.2 Å². The predicted molar refractivity (Wildman–Crippen MR) is 116 cm³/mol. The third-order valence-corrected chi connectivity index (χ3v) is 10.4. The standard InChI is InChI=1S/C26H32F2O6/c1-22-8-5-14(30)9-17(22)18(27)10-16-15-11-21-26(20(32)13-29,34-24(33-21)6-3-4-7-24)23(15,2)12-19(31)25(16,22)28/h5,8-9,15-16,18-19,21,29,31H,3-4,6-7,10-13H2,1-2H3/t15-,16-,18-,19-,21+,22-,23-,25-,26+/m0/s1. The number of ketones is 2. The van der Waals surface area contributed by atoms with Gasteiger partial charge in [-0.3, -0.25) is 9.59 Å². The highest BCUT2D eigenvalue weighted by Crippen LogP contribution is 2.73. The molecule has 0 aromatic rings. The number of hydrogen-bond acceptors (Lipinski definition) is 6. The molecule has 4 saturated carbocycles. The first kappa shape index (κ1) is 23.0. The molecule has 6 rings (SSSR count). The lowest BCUT2D eigenvalue weighted by molar-refractivity contribution is -0.255. The topological polar surface area (TPSA) is 93.1 Å². The van der Waals surface area contributed by atoms with Gasteiger partial charge < -0.3 is 19.7 Å². The molecule has 9 atom stereocenters. The summed E-state index contributed by atoms with van der Waals surface area (Å²) in [6.07, 6.45) is 3.13. The van der Waals surface area contributed by atoms with Crippen molar-refractivity contribution in [3.8, 4) is 0 Å². The van der Waals surface area contributed by atoms with Crippen LogP contribution in [0.25, 0.3) is 0 Å². The maximum Gasteiger partial charge on any atom is 0.193 e. The van der Waals surface area contributed by atoms with E-state index in [0.717, 1.165) is 12.8 Å². The molecule has 0 bridgehead atoms. The Kier molecular flexibility index (Phi) is 4.62. The maximum absolute atomic E-state index is 17.3. The fourth-order valence-electron chi connectivity index (χ4n) is 8.88. The smallest absolute Gasteiger partial charge is 0.193 e. The second-order valence-corrected chi connectivity index (χ2v) is 11.7. The number of allylic oxidation sites excluding steroid dienone is 4. The molecule has 2 N–H and O–H groups in total. The van der Waals surface area contributed by atoms with E-state index in [-0.39, 0.29) is 30.6 Å². The number of alkyl halides is 2. The van der Waals surface area contributed by atoms with Crippen LogP contribution < -0.4 is 0 Å². The van der Waals surface area contributed by atoms with E-state index in [4.69, 9.17) is 9.47 Å². The summed E-state index contributed by atoms with van der Waals surface area (Å²) in [6, 6.07) is 0. The molecular formula is C26H32F2O6. The third kappa shape index (κ3) is 2.39. The summed E-state index contributed by atoms with van der Waals surface area (Å²) in [4.78, 5) is 25.4. The van der Waals surface area contributed by atoms with Gasteiger partial charge in [0.25, 0.3) is 0 Å². The molecule has 5 aliphatic carbocycles. The normalized spacial score (nSPS) is 52.7. The molecule has 34 heavy (non-hydrogen) atoms. The van der Waals surface area contributed by atoms with Crippen LogP contribution in [-0.2, 0) is 19.1 Å². The molecule has 186 valence electrons. The quantitative estimate of drug-likeness (QED) is 0.634. The molecule has 0 radical (unpaired) electrons. The Bertz CT molecular complexity index is 1020. The summed E-state index contributed by atoms with van der Waals surface area (Å²) < 4.78 is 45.8. The SMILES string of the molecule is C[C@]12C=CC(=O)C=C1[C@@H](F)C[C@H]1[C@@H]3C[C@H]4OC5(CCCC5)O[C@@]4(C(=O)CO)[C@@]3(C)C[C@H](O)[C@@]12F. The summed E-state index contributed by atoms with van der Waals surface area (Å²) in [5.41, 5.74) is -6.20. The highest BCUT2D eigenvalue weighted by atomic mass is 19.1. The van der Waals surface area contributed by atoms with Gasteiger partial charge in [0.2, 0.25) is 0 Å². The van der Waals surface area contributed by atoms with Crippen molar-refractivity contribution in [2.75, 3.05) is 6.61 Å². The first-order valence-electron chi connectivity index (χ1n) is 12.5. The molecule has 8 heteroatoms. The number of halogens is 2. The van der Waals surface area contributed by atoms with Crippen molar-refractivity contribution >= 4 is 11.6 Å². The second kappa shape index (κ2) is 6.84. The number of hydrogen-bond donors (Lipinski definition) is 2. The summed E-state index contributed by atoms with van der Waals surface area (Å²) in [5, 5.41) is 21.4. The first-order chi connectivity index (χ1) is 16.0. The van der Waals surface area contributed by atoms with Crippen molar-refractivity contribution in [3.05, 3.63) is 23.8 Å². The minimum atomic E-state index is -2.23. The average molecular weight is 479 g/mol. The van der Waals surface area contributed by atoms with Crippen LogP contribution in [0.1, 0.15) is 58.8 Å². The monoisotopic (exact) mass is 478 g/mol. The molecule has 0 amide bonds. The van der Waals surface area contributed by atoms with Gasteiger partial charge in [0.1, 0.15) is 12.8 Å². The van der Waals surface area contributed by atoms with Crippen molar-refractivity contribution in [2.24, 2.45) is 22.7 Å². The minimum Gasteiger partial charge on any atom is -0.390 e. The lowest BCUT2D eigenvalue weighted by Gasteiger charge is -2.63. The number of rotatable bonds is 2. The van der Waals surface area contributed by atoms with E-state index in [9.17, 15) is 19.8 Å². The van der Waals surface area contributed by atoms with Gasteiger partial charge in [-0.15, -0.1) is 0 Å². The summed E-state index contributed by atoms with van der Waals surface area (Å²) in [7, 11) is 0. The zero-order valence-electron chi connectivity index (χ0n) is 19.6.